The molecule has 1 aliphatic carbocycles. The van der Waals surface area contributed by atoms with Gasteiger partial charge in [0, 0.05) is 12.6 Å². The maximum absolute atomic E-state index is 12.8. The Morgan fingerprint density at radius 1 is 1.52 bits per heavy atom. The highest BCUT2D eigenvalue weighted by molar-refractivity contribution is 7.89. The Labute approximate surface area is 123 Å². The molecule has 0 heterocycles. The van der Waals surface area contributed by atoms with E-state index in [4.69, 9.17) is 9.84 Å². The van der Waals surface area contributed by atoms with Gasteiger partial charge in [0.25, 0.3) is 0 Å². The zero-order valence-corrected chi connectivity index (χ0v) is 12.5. The van der Waals surface area contributed by atoms with Crippen LogP contribution in [0.5, 0.6) is 5.75 Å². The van der Waals surface area contributed by atoms with E-state index >= 15 is 0 Å². The molecular formula is C14H17NO5S. The van der Waals surface area contributed by atoms with Crippen molar-refractivity contribution in [2.24, 2.45) is 0 Å². The third kappa shape index (κ3) is 3.08. The molecule has 0 aromatic heterocycles. The molecule has 0 radical (unpaired) electrons. The van der Waals surface area contributed by atoms with Crippen molar-refractivity contribution in [3.8, 4) is 5.75 Å². The van der Waals surface area contributed by atoms with Gasteiger partial charge in [-0.2, -0.15) is 4.31 Å². The number of rotatable bonds is 7. The number of methoxy groups -OCH3 is 1. The summed E-state index contributed by atoms with van der Waals surface area (Å²) >= 11 is 0. The molecule has 1 aromatic rings. The number of sulfonamides is 1. The molecule has 0 bridgehead atoms. The Bertz CT molecular complexity index is 664. The average molecular weight is 311 g/mol. The average Bonchev–Trinajstić information content (AvgIpc) is 3.28. The maximum Gasteiger partial charge on any atom is 0.335 e. The first-order chi connectivity index (χ1) is 9.91. The van der Waals surface area contributed by atoms with E-state index in [9.17, 15) is 13.2 Å². The predicted molar refractivity (Wildman–Crippen MR) is 77.1 cm³/mol. The molecule has 6 nitrogen and oxygen atoms in total. The minimum Gasteiger partial charge on any atom is -0.495 e. The first kappa shape index (κ1) is 15.5. The third-order valence-corrected chi connectivity index (χ3v) is 5.20. The minimum atomic E-state index is -3.82. The monoisotopic (exact) mass is 311 g/mol. The summed E-state index contributed by atoms with van der Waals surface area (Å²) in [6, 6.07) is 3.76. The Morgan fingerprint density at radius 2 is 2.19 bits per heavy atom. The van der Waals surface area contributed by atoms with Gasteiger partial charge in [-0.05, 0) is 31.0 Å². The van der Waals surface area contributed by atoms with Crippen LogP contribution in [0.3, 0.4) is 0 Å². The molecule has 0 spiro atoms. The number of hydrogen-bond acceptors (Lipinski definition) is 4. The van der Waals surface area contributed by atoms with Crippen LogP contribution >= 0.6 is 0 Å². The summed E-state index contributed by atoms with van der Waals surface area (Å²) in [5.74, 6) is -1.05. The van der Waals surface area contributed by atoms with E-state index in [1.54, 1.807) is 0 Å². The molecule has 21 heavy (non-hydrogen) atoms. The smallest absolute Gasteiger partial charge is 0.335 e. The number of carboxylic acid groups (broad SMARTS) is 1. The van der Waals surface area contributed by atoms with Crippen LogP contribution in [-0.4, -0.2) is 43.5 Å². The van der Waals surface area contributed by atoms with Crippen LogP contribution in [-0.2, 0) is 10.0 Å². The van der Waals surface area contributed by atoms with E-state index in [-0.39, 0.29) is 28.8 Å². The fraction of sp³-hybridized carbons (Fsp3) is 0.357. The lowest BCUT2D eigenvalue weighted by Crippen LogP contribution is -2.33. The quantitative estimate of drug-likeness (QED) is 0.775. The molecule has 0 amide bonds. The van der Waals surface area contributed by atoms with E-state index < -0.39 is 16.0 Å². The summed E-state index contributed by atoms with van der Waals surface area (Å²) in [5.41, 5.74) is -0.0938. The van der Waals surface area contributed by atoms with E-state index in [1.165, 1.54) is 29.6 Å². The molecule has 7 heteroatoms. The molecule has 2 rings (SSSR count). The Balaban J connectivity index is 2.53. The van der Waals surface area contributed by atoms with E-state index in [2.05, 4.69) is 6.58 Å². The number of carboxylic acids is 1. The standard InChI is InChI=1S/C14H17NO5S/c1-3-8-15(11-5-6-11)21(18,19)13-9-10(14(16)17)4-7-12(13)20-2/h3-4,7,9,11H,1,5-6,8H2,2H3,(H,16,17). The van der Waals surface area contributed by atoms with E-state index in [0.29, 0.717) is 0 Å². The van der Waals surface area contributed by atoms with Gasteiger partial charge in [0.05, 0.1) is 12.7 Å². The fourth-order valence-electron chi connectivity index (χ4n) is 2.07. The summed E-state index contributed by atoms with van der Waals surface area (Å²) in [7, 11) is -2.47. The van der Waals surface area contributed by atoms with Crippen LogP contribution in [0.4, 0.5) is 0 Å². The molecular weight excluding hydrogens is 294 g/mol. The minimum absolute atomic E-state index is 0.0498. The van der Waals surface area contributed by atoms with Crippen molar-refractivity contribution in [3.05, 3.63) is 36.4 Å². The van der Waals surface area contributed by atoms with Crippen LogP contribution in [0.25, 0.3) is 0 Å². The highest BCUT2D eigenvalue weighted by atomic mass is 32.2. The number of ether oxygens (including phenoxy) is 1. The highest BCUT2D eigenvalue weighted by Crippen LogP contribution is 2.35. The molecule has 1 saturated carbocycles. The van der Waals surface area contributed by atoms with Crippen LogP contribution in [0.1, 0.15) is 23.2 Å². The second kappa shape index (κ2) is 5.87. The molecule has 0 saturated heterocycles. The summed E-state index contributed by atoms with van der Waals surface area (Å²) in [5, 5.41) is 9.04. The summed E-state index contributed by atoms with van der Waals surface area (Å²) in [6.45, 7) is 3.76. The Kier molecular flexibility index (Phi) is 4.34. The summed E-state index contributed by atoms with van der Waals surface area (Å²) in [4.78, 5) is 10.9. The van der Waals surface area contributed by atoms with Crippen LogP contribution in [0.2, 0.25) is 0 Å². The van der Waals surface area contributed by atoms with Crippen LogP contribution in [0.15, 0.2) is 35.7 Å². The molecule has 0 atom stereocenters. The Morgan fingerprint density at radius 3 is 2.67 bits per heavy atom. The predicted octanol–water partition coefficient (Wildman–Crippen LogP) is 1.73. The topological polar surface area (TPSA) is 83.9 Å². The lowest BCUT2D eigenvalue weighted by molar-refractivity contribution is 0.0696. The third-order valence-electron chi connectivity index (χ3n) is 3.26. The van der Waals surface area contributed by atoms with Gasteiger partial charge in [-0.15, -0.1) is 6.58 Å². The van der Waals surface area contributed by atoms with Gasteiger partial charge in [0.2, 0.25) is 10.0 Å². The van der Waals surface area contributed by atoms with Gasteiger partial charge >= 0.3 is 5.97 Å². The normalized spacial score (nSPS) is 15.0. The first-order valence-corrected chi connectivity index (χ1v) is 7.90. The largest absolute Gasteiger partial charge is 0.495 e. The van der Waals surface area contributed by atoms with Gasteiger partial charge < -0.3 is 9.84 Å². The number of aromatic carboxylic acids is 1. The maximum atomic E-state index is 12.8. The second-order valence-corrected chi connectivity index (χ2v) is 6.62. The SMILES string of the molecule is C=CCN(C1CC1)S(=O)(=O)c1cc(C(=O)O)ccc1OC. The fourth-order valence-corrected chi connectivity index (χ4v) is 3.91. The summed E-state index contributed by atoms with van der Waals surface area (Å²) < 4.78 is 31.9. The molecule has 1 aromatic carbocycles. The first-order valence-electron chi connectivity index (χ1n) is 6.46. The lowest BCUT2D eigenvalue weighted by atomic mass is 10.2. The molecule has 1 fully saturated rings. The van der Waals surface area contributed by atoms with E-state index in [1.807, 2.05) is 0 Å². The molecule has 0 unspecified atom stereocenters. The molecule has 114 valence electrons. The highest BCUT2D eigenvalue weighted by Gasteiger charge is 2.38. The Hall–Kier alpha value is -1.86. The van der Waals surface area contributed by atoms with Crippen molar-refractivity contribution < 1.29 is 23.1 Å². The van der Waals surface area contributed by atoms with Gasteiger partial charge in [0.15, 0.2) is 0 Å². The zero-order chi connectivity index (χ0) is 15.6. The van der Waals surface area contributed by atoms with Gasteiger partial charge in [0.1, 0.15) is 10.6 Å². The van der Waals surface area contributed by atoms with Crippen molar-refractivity contribution >= 4 is 16.0 Å². The number of hydrogen-bond donors (Lipinski definition) is 1. The lowest BCUT2D eigenvalue weighted by Gasteiger charge is -2.21. The van der Waals surface area contributed by atoms with Crippen LogP contribution < -0.4 is 4.74 Å². The van der Waals surface area contributed by atoms with Crippen molar-refractivity contribution in [2.45, 2.75) is 23.8 Å². The zero-order valence-electron chi connectivity index (χ0n) is 11.7. The van der Waals surface area contributed by atoms with Crippen molar-refractivity contribution in [3.63, 3.8) is 0 Å². The van der Waals surface area contributed by atoms with Gasteiger partial charge in [-0.3, -0.25) is 0 Å². The summed E-state index contributed by atoms with van der Waals surface area (Å²) in [6.07, 6.45) is 3.12. The molecule has 0 aliphatic heterocycles. The van der Waals surface area contributed by atoms with Crippen molar-refractivity contribution in [1.82, 2.24) is 4.31 Å². The number of benzene rings is 1. The number of nitrogens with zero attached hydrogens (tertiary/aromatic N) is 1. The number of carbonyl (C=O) groups is 1. The van der Waals surface area contributed by atoms with Gasteiger partial charge in [-0.1, -0.05) is 6.08 Å². The van der Waals surface area contributed by atoms with Gasteiger partial charge in [-0.25, -0.2) is 13.2 Å². The molecule has 1 aliphatic rings. The van der Waals surface area contributed by atoms with E-state index in [0.717, 1.165) is 18.9 Å². The second-order valence-electron chi connectivity index (χ2n) is 4.77. The van der Waals surface area contributed by atoms with Crippen molar-refractivity contribution in [2.75, 3.05) is 13.7 Å². The molecule has 1 N–H and O–H groups in total. The van der Waals surface area contributed by atoms with Crippen molar-refractivity contribution in [1.29, 1.82) is 0 Å². The van der Waals surface area contributed by atoms with Crippen LogP contribution in [0, 0.1) is 0 Å².